The van der Waals surface area contributed by atoms with Crippen LogP contribution in [-0.4, -0.2) is 39.9 Å². The molecular formula is C26H29F3N6O4. The molecule has 0 bridgehead atoms. The van der Waals surface area contributed by atoms with E-state index in [-0.39, 0.29) is 24.0 Å². The second-order valence-electron chi connectivity index (χ2n) is 8.58. The normalized spacial score (nSPS) is 11.0. The molecule has 0 saturated carbocycles. The Hall–Kier alpha value is -4.39. The molecule has 0 unspecified atom stereocenters. The first-order chi connectivity index (χ1) is 18.6. The highest BCUT2D eigenvalue weighted by Crippen LogP contribution is 2.27. The molecule has 2 amide bonds. The summed E-state index contributed by atoms with van der Waals surface area (Å²) in [5, 5.41) is 17.3. The quantitative estimate of drug-likeness (QED) is 0.110. The van der Waals surface area contributed by atoms with Crippen LogP contribution in [0.15, 0.2) is 54.7 Å². The highest BCUT2D eigenvalue weighted by Gasteiger charge is 2.31. The van der Waals surface area contributed by atoms with E-state index in [1.165, 1.54) is 18.2 Å². The number of benzene rings is 2. The van der Waals surface area contributed by atoms with Crippen molar-refractivity contribution in [1.82, 2.24) is 20.8 Å². The molecule has 0 spiro atoms. The number of alkyl halides is 3. The highest BCUT2D eigenvalue weighted by molar-refractivity contribution is 5.94. The van der Waals surface area contributed by atoms with Crippen LogP contribution in [0.2, 0.25) is 0 Å². The molecule has 13 heteroatoms. The average molecular weight is 547 g/mol. The first kappa shape index (κ1) is 29.2. The van der Waals surface area contributed by atoms with E-state index in [0.29, 0.717) is 41.3 Å². The fraction of sp³-hybridized carbons (Fsp3) is 0.308. The summed E-state index contributed by atoms with van der Waals surface area (Å²) in [5.74, 6) is -0.331. The number of hydroxylamine groups is 1. The number of unbranched alkanes of at least 4 members (excludes halogenated alkanes) is 3. The summed E-state index contributed by atoms with van der Waals surface area (Å²) in [7, 11) is 0. The van der Waals surface area contributed by atoms with Crippen molar-refractivity contribution in [3.05, 3.63) is 65.9 Å². The van der Waals surface area contributed by atoms with Crippen LogP contribution >= 0.6 is 0 Å². The van der Waals surface area contributed by atoms with Crippen LogP contribution in [0.25, 0.3) is 0 Å². The number of nitrogens with zero attached hydrogens (tertiary/aromatic N) is 2. The molecule has 0 saturated heterocycles. The Morgan fingerprint density at radius 3 is 2.44 bits per heavy atom. The molecule has 0 radical (unpaired) electrons. The molecule has 0 aliphatic carbocycles. The summed E-state index contributed by atoms with van der Waals surface area (Å²) in [5.41, 5.74) is 3.74. The molecule has 3 aromatic rings. The van der Waals surface area contributed by atoms with Gasteiger partial charge in [0.25, 0.3) is 5.91 Å². The third-order valence-electron chi connectivity index (χ3n) is 5.45. The lowest BCUT2D eigenvalue weighted by Crippen LogP contribution is -2.24. The minimum absolute atomic E-state index is 0.212. The number of rotatable bonds is 13. The van der Waals surface area contributed by atoms with E-state index in [9.17, 15) is 22.8 Å². The SMILES string of the molecule is Cc1cnc(Nc2ccc(C(=O)NCCCCCCC(=O)NO)cc2)nc1Nc1cccc(OC(F)(F)F)c1. The van der Waals surface area contributed by atoms with Crippen molar-refractivity contribution < 1.29 is 32.7 Å². The van der Waals surface area contributed by atoms with E-state index in [1.54, 1.807) is 48.9 Å². The summed E-state index contributed by atoms with van der Waals surface area (Å²) >= 11 is 0. The minimum Gasteiger partial charge on any atom is -0.406 e. The molecule has 10 nitrogen and oxygen atoms in total. The lowest BCUT2D eigenvalue weighted by molar-refractivity contribution is -0.274. The zero-order valence-electron chi connectivity index (χ0n) is 21.1. The van der Waals surface area contributed by atoms with Crippen LogP contribution in [0.5, 0.6) is 5.75 Å². The second kappa shape index (κ2) is 14.0. The molecule has 5 N–H and O–H groups in total. The first-order valence-electron chi connectivity index (χ1n) is 12.2. The zero-order chi connectivity index (χ0) is 28.3. The number of aromatic nitrogens is 2. The minimum atomic E-state index is -4.79. The third kappa shape index (κ3) is 10.1. The van der Waals surface area contributed by atoms with E-state index in [4.69, 9.17) is 5.21 Å². The van der Waals surface area contributed by atoms with Gasteiger partial charge >= 0.3 is 6.36 Å². The van der Waals surface area contributed by atoms with Crippen molar-refractivity contribution >= 4 is 35.0 Å². The van der Waals surface area contributed by atoms with Crippen molar-refractivity contribution in [2.75, 3.05) is 17.2 Å². The maximum absolute atomic E-state index is 12.5. The van der Waals surface area contributed by atoms with Crippen LogP contribution in [0.1, 0.15) is 48.0 Å². The fourth-order valence-electron chi connectivity index (χ4n) is 3.49. The van der Waals surface area contributed by atoms with E-state index < -0.39 is 12.3 Å². The fourth-order valence-corrected chi connectivity index (χ4v) is 3.49. The Labute approximate surface area is 223 Å². The lowest BCUT2D eigenvalue weighted by Gasteiger charge is -2.13. The van der Waals surface area contributed by atoms with Crippen LogP contribution in [0.4, 0.5) is 36.3 Å². The number of hydrogen-bond donors (Lipinski definition) is 5. The third-order valence-corrected chi connectivity index (χ3v) is 5.45. The first-order valence-corrected chi connectivity index (χ1v) is 12.2. The molecule has 0 atom stereocenters. The average Bonchev–Trinajstić information content (AvgIpc) is 2.89. The van der Waals surface area contributed by atoms with Gasteiger partial charge in [-0.25, -0.2) is 10.5 Å². The molecule has 0 aliphatic rings. The number of halogens is 3. The van der Waals surface area contributed by atoms with Gasteiger partial charge in [-0.3, -0.25) is 14.8 Å². The number of ether oxygens (including phenoxy) is 1. The van der Waals surface area contributed by atoms with Crippen LogP contribution in [0, 0.1) is 6.92 Å². The number of anilines is 4. The summed E-state index contributed by atoms with van der Waals surface area (Å²) in [6.45, 7) is 2.26. The lowest BCUT2D eigenvalue weighted by atomic mass is 10.1. The van der Waals surface area contributed by atoms with Gasteiger partial charge in [-0.15, -0.1) is 13.2 Å². The number of hydrogen-bond acceptors (Lipinski definition) is 8. The number of carbonyl (C=O) groups is 2. The Balaban J connectivity index is 1.51. The van der Waals surface area contributed by atoms with Crippen LogP contribution < -0.4 is 26.2 Å². The van der Waals surface area contributed by atoms with Gasteiger partial charge in [0.05, 0.1) is 0 Å². The Morgan fingerprint density at radius 1 is 0.974 bits per heavy atom. The van der Waals surface area contributed by atoms with Gasteiger partial charge in [0.15, 0.2) is 0 Å². The summed E-state index contributed by atoms with van der Waals surface area (Å²) in [6, 6.07) is 12.2. The summed E-state index contributed by atoms with van der Waals surface area (Å²) in [4.78, 5) is 32.0. The smallest absolute Gasteiger partial charge is 0.406 e. The van der Waals surface area contributed by atoms with E-state index in [1.807, 2.05) is 0 Å². The van der Waals surface area contributed by atoms with Gasteiger partial charge < -0.3 is 20.7 Å². The van der Waals surface area contributed by atoms with Gasteiger partial charge in [0, 0.05) is 47.7 Å². The molecule has 3 rings (SSSR count). The van der Waals surface area contributed by atoms with Gasteiger partial charge in [0.2, 0.25) is 11.9 Å². The number of amides is 2. The van der Waals surface area contributed by atoms with Crippen molar-refractivity contribution in [2.45, 2.75) is 45.4 Å². The maximum atomic E-state index is 12.5. The molecular weight excluding hydrogens is 517 g/mol. The van der Waals surface area contributed by atoms with Crippen molar-refractivity contribution in [3.8, 4) is 5.75 Å². The van der Waals surface area contributed by atoms with Crippen molar-refractivity contribution in [1.29, 1.82) is 0 Å². The molecule has 2 aromatic carbocycles. The van der Waals surface area contributed by atoms with E-state index in [2.05, 4.69) is 30.7 Å². The molecule has 39 heavy (non-hydrogen) atoms. The number of aryl methyl sites for hydroxylation is 1. The van der Waals surface area contributed by atoms with Gasteiger partial charge in [-0.1, -0.05) is 18.9 Å². The Bertz CT molecular complexity index is 1260. The van der Waals surface area contributed by atoms with E-state index in [0.717, 1.165) is 19.3 Å². The predicted molar refractivity (Wildman–Crippen MR) is 138 cm³/mol. The topological polar surface area (TPSA) is 138 Å². The Morgan fingerprint density at radius 2 is 1.72 bits per heavy atom. The van der Waals surface area contributed by atoms with Gasteiger partial charge in [-0.2, -0.15) is 4.98 Å². The van der Waals surface area contributed by atoms with Gasteiger partial charge in [-0.05, 0) is 56.2 Å². The van der Waals surface area contributed by atoms with E-state index >= 15 is 0 Å². The second-order valence-corrected chi connectivity index (χ2v) is 8.58. The van der Waals surface area contributed by atoms with Crippen molar-refractivity contribution in [3.63, 3.8) is 0 Å². The Kier molecular flexibility index (Phi) is 10.4. The van der Waals surface area contributed by atoms with Gasteiger partial charge in [0.1, 0.15) is 11.6 Å². The molecule has 0 aliphatic heterocycles. The monoisotopic (exact) mass is 546 g/mol. The highest BCUT2D eigenvalue weighted by atomic mass is 19.4. The maximum Gasteiger partial charge on any atom is 0.573 e. The number of carbonyl (C=O) groups excluding carboxylic acids is 2. The molecule has 208 valence electrons. The van der Waals surface area contributed by atoms with Crippen LogP contribution in [0.3, 0.4) is 0 Å². The van der Waals surface area contributed by atoms with Crippen molar-refractivity contribution in [2.24, 2.45) is 0 Å². The van der Waals surface area contributed by atoms with Crippen LogP contribution in [-0.2, 0) is 4.79 Å². The predicted octanol–water partition coefficient (Wildman–Crippen LogP) is 5.36. The largest absolute Gasteiger partial charge is 0.573 e. The standard InChI is InChI=1S/C26H29F3N6O4/c1-17-16-31-25(34-23(17)32-20-7-6-8-21(15-20)39-26(27,28)29)33-19-12-10-18(11-13-19)24(37)30-14-5-3-2-4-9-22(36)35-38/h6-8,10-13,15-16,38H,2-5,9,14H2,1H3,(H,30,37)(H,35,36)(H2,31,32,33,34). The summed E-state index contributed by atoms with van der Waals surface area (Å²) < 4.78 is 41.5. The zero-order valence-corrected chi connectivity index (χ0v) is 21.1. The molecule has 1 heterocycles. The number of nitrogens with one attached hydrogen (secondary N) is 4. The molecule has 1 aromatic heterocycles. The molecule has 0 fully saturated rings. The summed E-state index contributed by atoms with van der Waals surface area (Å²) in [6.07, 6.45) is 0.150.